The lowest BCUT2D eigenvalue weighted by atomic mass is 9.87. The van der Waals surface area contributed by atoms with E-state index in [1.165, 1.54) is 36.9 Å². The summed E-state index contributed by atoms with van der Waals surface area (Å²) in [5, 5.41) is 8.19. The second-order valence-corrected chi connectivity index (χ2v) is 5.48. The van der Waals surface area contributed by atoms with Crippen molar-refractivity contribution in [3.05, 3.63) is 17.5 Å². The van der Waals surface area contributed by atoms with Crippen LogP contribution in [0, 0.1) is 5.92 Å². The third-order valence-electron chi connectivity index (χ3n) is 3.84. The quantitative estimate of drug-likeness (QED) is 0.869. The first-order valence-corrected chi connectivity index (χ1v) is 6.93. The molecule has 1 N–H and O–H groups in total. The highest BCUT2D eigenvalue weighted by atomic mass is 15.3. The number of nitrogens with one attached hydrogen (secondary N) is 1. The van der Waals surface area contributed by atoms with Gasteiger partial charge in [0.25, 0.3) is 0 Å². The van der Waals surface area contributed by atoms with Crippen molar-refractivity contribution in [2.24, 2.45) is 13.0 Å². The molecule has 1 aromatic rings. The molecule has 0 aromatic carbocycles. The Balaban J connectivity index is 1.88. The van der Waals surface area contributed by atoms with Crippen molar-refractivity contribution in [2.45, 2.75) is 58.5 Å². The van der Waals surface area contributed by atoms with Gasteiger partial charge in [-0.1, -0.05) is 26.7 Å². The van der Waals surface area contributed by atoms with Crippen molar-refractivity contribution in [1.29, 1.82) is 0 Å². The molecule has 2 atom stereocenters. The molecule has 1 saturated carbocycles. The van der Waals surface area contributed by atoms with Gasteiger partial charge in [-0.05, 0) is 25.2 Å². The Morgan fingerprint density at radius 3 is 3.00 bits per heavy atom. The van der Waals surface area contributed by atoms with Crippen LogP contribution in [-0.2, 0) is 20.0 Å². The molecule has 0 saturated heterocycles. The minimum Gasteiger partial charge on any atom is -0.310 e. The van der Waals surface area contributed by atoms with Crippen molar-refractivity contribution in [3.8, 4) is 0 Å². The molecule has 1 aromatic heterocycles. The predicted octanol–water partition coefficient (Wildman–Crippen LogP) is 2.65. The Bertz CT molecular complexity index is 356. The smallest absolute Gasteiger partial charge is 0.0666 e. The van der Waals surface area contributed by atoms with E-state index in [-0.39, 0.29) is 0 Å². The molecule has 96 valence electrons. The summed E-state index contributed by atoms with van der Waals surface area (Å²) in [5.41, 5.74) is 2.61. The van der Waals surface area contributed by atoms with Gasteiger partial charge in [-0.15, -0.1) is 0 Å². The zero-order valence-electron chi connectivity index (χ0n) is 11.4. The van der Waals surface area contributed by atoms with Crippen LogP contribution in [0.1, 0.15) is 50.8 Å². The fraction of sp³-hybridized carbons (Fsp3) is 0.786. The average Bonchev–Trinajstić information content (AvgIpc) is 2.67. The summed E-state index contributed by atoms with van der Waals surface area (Å²) >= 11 is 0. The average molecular weight is 235 g/mol. The normalized spacial score (nSPS) is 25.1. The molecule has 0 spiro atoms. The highest BCUT2D eigenvalue weighted by Gasteiger charge is 2.18. The van der Waals surface area contributed by atoms with E-state index in [1.807, 2.05) is 11.7 Å². The number of hydrogen-bond acceptors (Lipinski definition) is 2. The van der Waals surface area contributed by atoms with Crippen molar-refractivity contribution < 1.29 is 0 Å². The Kier molecular flexibility index (Phi) is 4.21. The van der Waals surface area contributed by atoms with Crippen LogP contribution >= 0.6 is 0 Å². The number of hydrogen-bond donors (Lipinski definition) is 1. The highest BCUT2D eigenvalue weighted by molar-refractivity contribution is 5.16. The molecule has 1 aliphatic carbocycles. The van der Waals surface area contributed by atoms with Gasteiger partial charge >= 0.3 is 0 Å². The van der Waals surface area contributed by atoms with Crippen molar-refractivity contribution in [1.82, 2.24) is 15.1 Å². The Morgan fingerprint density at radius 2 is 2.29 bits per heavy atom. The largest absolute Gasteiger partial charge is 0.310 e. The predicted molar refractivity (Wildman–Crippen MR) is 70.8 cm³/mol. The third kappa shape index (κ3) is 3.32. The molecule has 0 aliphatic heterocycles. The number of aryl methyl sites for hydroxylation is 2. The van der Waals surface area contributed by atoms with Gasteiger partial charge in [-0.2, -0.15) is 5.10 Å². The first-order valence-electron chi connectivity index (χ1n) is 6.93. The minimum absolute atomic E-state index is 0.712. The maximum atomic E-state index is 4.48. The van der Waals surface area contributed by atoms with Crippen LogP contribution in [-0.4, -0.2) is 15.8 Å². The van der Waals surface area contributed by atoms with Gasteiger partial charge in [0.05, 0.1) is 5.69 Å². The molecule has 17 heavy (non-hydrogen) atoms. The summed E-state index contributed by atoms with van der Waals surface area (Å²) in [7, 11) is 2.01. The molecule has 3 nitrogen and oxygen atoms in total. The molecular weight excluding hydrogens is 210 g/mol. The lowest BCUT2D eigenvalue weighted by Crippen LogP contribution is -2.33. The van der Waals surface area contributed by atoms with E-state index in [9.17, 15) is 0 Å². The van der Waals surface area contributed by atoms with Crippen LogP contribution < -0.4 is 5.32 Å². The van der Waals surface area contributed by atoms with Crippen molar-refractivity contribution in [2.75, 3.05) is 0 Å². The van der Waals surface area contributed by atoms with E-state index in [4.69, 9.17) is 0 Å². The zero-order valence-corrected chi connectivity index (χ0v) is 11.4. The molecule has 1 aliphatic rings. The molecule has 2 rings (SSSR count). The fourth-order valence-corrected chi connectivity index (χ4v) is 2.90. The summed E-state index contributed by atoms with van der Waals surface area (Å²) in [6.45, 7) is 5.53. The van der Waals surface area contributed by atoms with Crippen molar-refractivity contribution >= 4 is 0 Å². The van der Waals surface area contributed by atoms with Crippen LogP contribution in [0.5, 0.6) is 0 Å². The van der Waals surface area contributed by atoms with Crippen molar-refractivity contribution in [3.63, 3.8) is 0 Å². The molecule has 3 heteroatoms. The molecular formula is C14H25N3. The summed E-state index contributed by atoms with van der Waals surface area (Å²) in [4.78, 5) is 0. The van der Waals surface area contributed by atoms with Gasteiger partial charge < -0.3 is 5.32 Å². The van der Waals surface area contributed by atoms with Crippen LogP contribution in [0.3, 0.4) is 0 Å². The number of aromatic nitrogens is 2. The van der Waals surface area contributed by atoms with Gasteiger partial charge in [0.2, 0.25) is 0 Å². The van der Waals surface area contributed by atoms with E-state index in [1.54, 1.807) is 0 Å². The summed E-state index contributed by atoms with van der Waals surface area (Å²) in [6, 6.07) is 0.712. The zero-order chi connectivity index (χ0) is 12.3. The number of rotatable bonds is 4. The van der Waals surface area contributed by atoms with E-state index < -0.39 is 0 Å². The Morgan fingerprint density at radius 1 is 1.47 bits per heavy atom. The summed E-state index contributed by atoms with van der Waals surface area (Å²) in [6.07, 6.45) is 8.64. The van der Waals surface area contributed by atoms with Gasteiger partial charge in [0, 0.05) is 31.4 Å². The van der Waals surface area contributed by atoms with Crippen LogP contribution in [0.2, 0.25) is 0 Å². The monoisotopic (exact) mass is 235 g/mol. The lowest BCUT2D eigenvalue weighted by molar-refractivity contribution is 0.300. The molecule has 1 heterocycles. The molecule has 0 bridgehead atoms. The lowest BCUT2D eigenvalue weighted by Gasteiger charge is -2.27. The Hall–Kier alpha value is -0.830. The van der Waals surface area contributed by atoms with Gasteiger partial charge in [-0.25, -0.2) is 0 Å². The second kappa shape index (κ2) is 5.67. The topological polar surface area (TPSA) is 29.9 Å². The van der Waals surface area contributed by atoms with Crippen LogP contribution in [0.15, 0.2) is 6.20 Å². The van der Waals surface area contributed by atoms with Gasteiger partial charge in [0.15, 0.2) is 0 Å². The van der Waals surface area contributed by atoms with E-state index in [0.717, 1.165) is 18.9 Å². The fourth-order valence-electron chi connectivity index (χ4n) is 2.90. The van der Waals surface area contributed by atoms with E-state index in [2.05, 4.69) is 30.5 Å². The SMILES string of the molecule is CCc1nn(C)cc1CNC1CCCC(C)C1. The maximum absolute atomic E-state index is 4.48. The Labute approximate surface area is 105 Å². The van der Waals surface area contributed by atoms with Crippen LogP contribution in [0.25, 0.3) is 0 Å². The van der Waals surface area contributed by atoms with E-state index in [0.29, 0.717) is 6.04 Å². The molecule has 1 fully saturated rings. The second-order valence-electron chi connectivity index (χ2n) is 5.48. The minimum atomic E-state index is 0.712. The van der Waals surface area contributed by atoms with Gasteiger partial charge in [0.1, 0.15) is 0 Å². The molecule has 0 amide bonds. The summed E-state index contributed by atoms with van der Waals surface area (Å²) in [5.74, 6) is 0.890. The van der Waals surface area contributed by atoms with Crippen LogP contribution in [0.4, 0.5) is 0 Å². The summed E-state index contributed by atoms with van der Waals surface area (Å²) < 4.78 is 1.93. The first-order chi connectivity index (χ1) is 8.19. The molecule has 0 radical (unpaired) electrons. The highest BCUT2D eigenvalue weighted by Crippen LogP contribution is 2.23. The van der Waals surface area contributed by atoms with E-state index >= 15 is 0 Å². The standard InChI is InChI=1S/C14H25N3/c1-4-14-12(10-17(3)16-14)9-15-13-7-5-6-11(2)8-13/h10-11,13,15H,4-9H2,1-3H3. The third-order valence-corrected chi connectivity index (χ3v) is 3.84. The number of nitrogens with zero attached hydrogens (tertiary/aromatic N) is 2. The maximum Gasteiger partial charge on any atom is 0.0666 e. The van der Waals surface area contributed by atoms with Gasteiger partial charge in [-0.3, -0.25) is 4.68 Å². The first kappa shape index (κ1) is 12.6. The molecule has 2 unspecified atom stereocenters.